The fourth-order valence-electron chi connectivity index (χ4n) is 3.81. The Balaban J connectivity index is 1.41. The largest absolute Gasteiger partial charge is 0.359 e. The number of rotatable bonds is 5. The maximum absolute atomic E-state index is 12.6. The third-order valence-electron chi connectivity index (χ3n) is 5.65. The Kier molecular flexibility index (Phi) is 6.03. The Hall–Kier alpha value is -2.87. The van der Waals surface area contributed by atoms with Crippen LogP contribution in [0.25, 0.3) is 5.57 Å². The molecule has 1 fully saturated rings. The number of hydrogen-bond donors (Lipinski definition) is 0. The predicted octanol–water partition coefficient (Wildman–Crippen LogP) is 1.92. The number of benzene rings is 1. The second-order valence-corrected chi connectivity index (χ2v) is 8.06. The van der Waals surface area contributed by atoms with Crippen molar-refractivity contribution < 1.29 is 9.59 Å². The molecule has 0 spiro atoms. The van der Waals surface area contributed by atoms with Gasteiger partial charge < -0.3 is 14.7 Å². The number of amides is 2. The zero-order valence-electron chi connectivity index (χ0n) is 17.0. The summed E-state index contributed by atoms with van der Waals surface area (Å²) in [4.78, 5) is 30.3. The van der Waals surface area contributed by atoms with Crippen molar-refractivity contribution in [2.75, 3.05) is 44.7 Å². The third-order valence-corrected chi connectivity index (χ3v) is 5.95. The number of carbonyl (C=O) groups excluding carboxylic acids is 2. The molecular weight excluding hydrogens is 404 g/mol. The Labute approximate surface area is 180 Å². The maximum atomic E-state index is 12.6. The van der Waals surface area contributed by atoms with Gasteiger partial charge in [-0.2, -0.15) is 0 Å². The van der Waals surface area contributed by atoms with Gasteiger partial charge in [0.15, 0.2) is 0 Å². The minimum absolute atomic E-state index is 0.0939. The van der Waals surface area contributed by atoms with Gasteiger partial charge in [-0.05, 0) is 29.7 Å². The SMILES string of the molecule is CN1CCN(c2ccc(C3=CCCN(C(=O)CCn4ccnn4)C3)cc2Cl)CC1=O. The summed E-state index contributed by atoms with van der Waals surface area (Å²) in [7, 11) is 1.82. The molecule has 0 radical (unpaired) electrons. The van der Waals surface area contributed by atoms with Crippen LogP contribution in [-0.2, 0) is 16.1 Å². The monoisotopic (exact) mass is 428 g/mol. The van der Waals surface area contributed by atoms with Crippen LogP contribution in [0, 0.1) is 0 Å². The smallest absolute Gasteiger partial charge is 0.241 e. The van der Waals surface area contributed by atoms with Crippen LogP contribution in [0.15, 0.2) is 36.7 Å². The Morgan fingerprint density at radius 1 is 1.20 bits per heavy atom. The van der Waals surface area contributed by atoms with Crippen molar-refractivity contribution in [3.05, 3.63) is 47.3 Å². The number of likely N-dealkylation sites (N-methyl/N-ethyl adjacent to an activating group) is 1. The second-order valence-electron chi connectivity index (χ2n) is 7.65. The van der Waals surface area contributed by atoms with E-state index in [0.717, 1.165) is 36.3 Å². The fraction of sp³-hybridized carbons (Fsp3) is 0.429. The number of hydrogen-bond acceptors (Lipinski definition) is 5. The highest BCUT2D eigenvalue weighted by Gasteiger charge is 2.24. The van der Waals surface area contributed by atoms with Crippen molar-refractivity contribution in [3.63, 3.8) is 0 Å². The van der Waals surface area contributed by atoms with E-state index in [0.29, 0.717) is 37.6 Å². The van der Waals surface area contributed by atoms with Crippen molar-refractivity contribution in [1.82, 2.24) is 24.8 Å². The van der Waals surface area contributed by atoms with E-state index in [1.165, 1.54) is 0 Å². The van der Waals surface area contributed by atoms with E-state index in [9.17, 15) is 9.59 Å². The molecule has 4 rings (SSSR count). The maximum Gasteiger partial charge on any atom is 0.241 e. The normalized spacial score (nSPS) is 17.3. The Morgan fingerprint density at radius 3 is 2.80 bits per heavy atom. The first-order valence-corrected chi connectivity index (χ1v) is 10.5. The average Bonchev–Trinajstić information content (AvgIpc) is 3.28. The molecule has 1 aromatic carbocycles. The lowest BCUT2D eigenvalue weighted by molar-refractivity contribution is -0.131. The standard InChI is InChI=1S/C21H25ClN6O2/c1-25-11-12-26(15-21(25)30)19-5-4-16(13-18(19)22)17-3-2-8-27(14-17)20(29)6-9-28-10-7-23-24-28/h3-5,7,10,13H,2,6,8-9,11-12,14-15H2,1H3. The minimum atomic E-state index is 0.0939. The van der Waals surface area contributed by atoms with E-state index >= 15 is 0 Å². The molecule has 8 nitrogen and oxygen atoms in total. The molecule has 0 bridgehead atoms. The molecule has 158 valence electrons. The van der Waals surface area contributed by atoms with Gasteiger partial charge in [0.1, 0.15) is 0 Å². The highest BCUT2D eigenvalue weighted by Crippen LogP contribution is 2.31. The van der Waals surface area contributed by atoms with Gasteiger partial charge in [-0.25, -0.2) is 0 Å². The van der Waals surface area contributed by atoms with E-state index < -0.39 is 0 Å². The summed E-state index contributed by atoms with van der Waals surface area (Å²) < 4.78 is 1.67. The van der Waals surface area contributed by atoms with Crippen LogP contribution in [0.2, 0.25) is 5.02 Å². The van der Waals surface area contributed by atoms with Crippen LogP contribution in [0.4, 0.5) is 5.69 Å². The average molecular weight is 429 g/mol. The van der Waals surface area contributed by atoms with Gasteiger partial charge in [-0.3, -0.25) is 14.3 Å². The molecule has 2 aliphatic rings. The van der Waals surface area contributed by atoms with Gasteiger partial charge in [0.05, 0.1) is 30.0 Å². The molecule has 9 heteroatoms. The summed E-state index contributed by atoms with van der Waals surface area (Å²) in [5.41, 5.74) is 2.98. The first-order chi connectivity index (χ1) is 14.5. The van der Waals surface area contributed by atoms with Gasteiger partial charge in [-0.1, -0.05) is 29.0 Å². The quantitative estimate of drug-likeness (QED) is 0.727. The fourth-order valence-corrected chi connectivity index (χ4v) is 4.11. The molecule has 2 amide bonds. The van der Waals surface area contributed by atoms with E-state index in [1.54, 1.807) is 22.0 Å². The number of halogens is 1. The zero-order valence-corrected chi connectivity index (χ0v) is 17.8. The predicted molar refractivity (Wildman–Crippen MR) is 115 cm³/mol. The molecular formula is C21H25ClN6O2. The van der Waals surface area contributed by atoms with Crippen molar-refractivity contribution in [1.29, 1.82) is 0 Å². The minimum Gasteiger partial charge on any atom is -0.359 e. The summed E-state index contributed by atoms with van der Waals surface area (Å²) >= 11 is 6.58. The van der Waals surface area contributed by atoms with Crippen LogP contribution in [0.3, 0.4) is 0 Å². The molecule has 2 aromatic rings. The van der Waals surface area contributed by atoms with Gasteiger partial charge in [0.25, 0.3) is 0 Å². The molecule has 1 saturated heterocycles. The molecule has 0 aliphatic carbocycles. The van der Waals surface area contributed by atoms with Crippen LogP contribution < -0.4 is 4.90 Å². The van der Waals surface area contributed by atoms with Gasteiger partial charge in [-0.15, -0.1) is 5.10 Å². The zero-order chi connectivity index (χ0) is 21.1. The van der Waals surface area contributed by atoms with E-state index in [4.69, 9.17) is 11.6 Å². The first kappa shape index (κ1) is 20.4. The molecule has 0 atom stereocenters. The summed E-state index contributed by atoms with van der Waals surface area (Å²) in [6, 6.07) is 5.94. The lowest BCUT2D eigenvalue weighted by atomic mass is 10.00. The highest BCUT2D eigenvalue weighted by atomic mass is 35.5. The molecule has 3 heterocycles. The van der Waals surface area contributed by atoms with Crippen LogP contribution in [0.1, 0.15) is 18.4 Å². The molecule has 0 unspecified atom stereocenters. The number of nitrogens with zero attached hydrogens (tertiary/aromatic N) is 6. The molecule has 1 aromatic heterocycles. The number of piperazine rings is 1. The summed E-state index contributed by atoms with van der Waals surface area (Å²) in [6.45, 7) is 3.60. The summed E-state index contributed by atoms with van der Waals surface area (Å²) in [6.07, 6.45) is 6.75. The summed E-state index contributed by atoms with van der Waals surface area (Å²) in [5.74, 6) is 0.200. The van der Waals surface area contributed by atoms with Crippen molar-refractivity contribution in [2.45, 2.75) is 19.4 Å². The van der Waals surface area contributed by atoms with Crippen molar-refractivity contribution in [2.24, 2.45) is 0 Å². The third kappa shape index (κ3) is 4.48. The van der Waals surface area contributed by atoms with Crippen LogP contribution >= 0.6 is 11.6 Å². The molecule has 0 N–H and O–H groups in total. The van der Waals surface area contributed by atoms with Crippen molar-refractivity contribution >= 4 is 34.7 Å². The molecule has 30 heavy (non-hydrogen) atoms. The Bertz CT molecular complexity index is 958. The van der Waals surface area contributed by atoms with Gasteiger partial charge >= 0.3 is 0 Å². The molecule has 0 saturated carbocycles. The second kappa shape index (κ2) is 8.87. The number of aromatic nitrogens is 3. The highest BCUT2D eigenvalue weighted by molar-refractivity contribution is 6.33. The number of aryl methyl sites for hydroxylation is 1. The van der Waals surface area contributed by atoms with E-state index in [-0.39, 0.29) is 11.8 Å². The number of anilines is 1. The van der Waals surface area contributed by atoms with E-state index in [1.807, 2.05) is 35.0 Å². The lowest BCUT2D eigenvalue weighted by Gasteiger charge is -2.34. The first-order valence-electron chi connectivity index (χ1n) is 10.1. The Morgan fingerprint density at radius 2 is 2.07 bits per heavy atom. The van der Waals surface area contributed by atoms with Gasteiger partial charge in [0, 0.05) is 45.8 Å². The van der Waals surface area contributed by atoms with Crippen LogP contribution in [-0.4, -0.2) is 76.4 Å². The number of carbonyl (C=O) groups is 2. The molecule has 2 aliphatic heterocycles. The lowest BCUT2D eigenvalue weighted by Crippen LogP contribution is -2.48. The van der Waals surface area contributed by atoms with Crippen molar-refractivity contribution in [3.8, 4) is 0 Å². The summed E-state index contributed by atoms with van der Waals surface area (Å²) in [5, 5.41) is 8.29. The van der Waals surface area contributed by atoms with E-state index in [2.05, 4.69) is 16.4 Å². The van der Waals surface area contributed by atoms with Gasteiger partial charge in [0.2, 0.25) is 11.8 Å². The topological polar surface area (TPSA) is 74.6 Å². The van der Waals surface area contributed by atoms with Crippen LogP contribution in [0.5, 0.6) is 0 Å².